The van der Waals surface area contributed by atoms with Crippen LogP contribution in [0.4, 0.5) is 5.82 Å². The number of anilines is 1. The van der Waals surface area contributed by atoms with Crippen molar-refractivity contribution >= 4 is 48.3 Å². The van der Waals surface area contributed by atoms with Crippen molar-refractivity contribution in [2.45, 2.75) is 32.0 Å². The van der Waals surface area contributed by atoms with Crippen molar-refractivity contribution in [3.05, 3.63) is 12.2 Å². The van der Waals surface area contributed by atoms with Crippen LogP contribution in [0.2, 0.25) is 5.82 Å². The molecule has 2 radical (unpaired) electrons. The molecule has 1 saturated heterocycles. The predicted octanol–water partition coefficient (Wildman–Crippen LogP) is -0.886. The normalized spacial score (nSPS) is 28.8. The van der Waals surface area contributed by atoms with Gasteiger partial charge >= 0.3 is 0 Å². The van der Waals surface area contributed by atoms with Crippen molar-refractivity contribution in [2.75, 3.05) is 19.0 Å². The molecular weight excluding hydrogens is 506 g/mol. The Hall–Kier alpha value is -1.22. The van der Waals surface area contributed by atoms with E-state index >= 15 is 0 Å². The lowest BCUT2D eigenvalue weighted by molar-refractivity contribution is -0.250. The lowest BCUT2D eigenvalue weighted by Gasteiger charge is -2.33. The number of rotatable bonds is 9. The maximum Gasteiger partial charge on any atom is 0.280 e. The van der Waals surface area contributed by atoms with Gasteiger partial charge in [-0.1, -0.05) is 6.92 Å². The van der Waals surface area contributed by atoms with Gasteiger partial charge in [0.25, 0.3) is 23.5 Å². The third-order valence-corrected chi connectivity index (χ3v) is 8.47. The number of aryl methyl sites for hydroxylation is 1. The van der Waals surface area contributed by atoms with Gasteiger partial charge < -0.3 is 34.2 Å². The first kappa shape index (κ1) is 26.4. The summed E-state index contributed by atoms with van der Waals surface area (Å²) in [5.41, 5.74) is 0.873. The van der Waals surface area contributed by atoms with Gasteiger partial charge in [0.15, 0.2) is 17.0 Å². The van der Waals surface area contributed by atoms with Crippen LogP contribution in [-0.2, 0) is 31.6 Å². The Labute approximate surface area is 188 Å². The number of hydrogen-bond acceptors (Lipinski definition) is 14. The molecule has 182 valence electrons. The Morgan fingerprint density at radius 2 is 1.91 bits per heavy atom. The Kier molecular flexibility index (Phi) is 7.55. The number of hydrogen-bond donors (Lipinski definition) is 2. The maximum atomic E-state index is 11.8. The predicted molar refractivity (Wildman–Crippen MR) is 105 cm³/mol. The quantitative estimate of drug-likeness (QED) is 0.299. The van der Waals surface area contributed by atoms with E-state index in [4.69, 9.17) is 17.5 Å². The molecule has 2 aromatic rings. The molecule has 0 amide bonds. The summed E-state index contributed by atoms with van der Waals surface area (Å²) >= 11 is 0. The molecule has 3 rings (SSSR count). The fourth-order valence-corrected chi connectivity index (χ4v) is 6.18. The van der Waals surface area contributed by atoms with E-state index in [1.807, 2.05) is 0 Å². The molecule has 3 heterocycles. The van der Waals surface area contributed by atoms with Gasteiger partial charge in [0.2, 0.25) is 0 Å². The molecule has 0 bridgehead atoms. The van der Waals surface area contributed by atoms with Crippen molar-refractivity contribution in [3.63, 3.8) is 0 Å². The van der Waals surface area contributed by atoms with Gasteiger partial charge in [-0.15, -0.1) is 0 Å². The highest BCUT2D eigenvalue weighted by Crippen LogP contribution is 2.61. The van der Waals surface area contributed by atoms with E-state index in [0.717, 1.165) is 0 Å². The lowest BCUT2D eigenvalue weighted by Crippen LogP contribution is -2.24. The van der Waals surface area contributed by atoms with Gasteiger partial charge in [-0.3, -0.25) is 18.3 Å². The van der Waals surface area contributed by atoms with Crippen molar-refractivity contribution in [1.82, 2.24) is 19.5 Å². The van der Waals surface area contributed by atoms with Gasteiger partial charge in [-0.2, -0.15) is 0 Å². The number of imidazole rings is 1. The number of aromatic nitrogens is 4. The minimum Gasteiger partial charge on any atom is -0.756 e. The highest BCUT2D eigenvalue weighted by Gasteiger charge is 2.42. The van der Waals surface area contributed by atoms with Crippen LogP contribution < -0.4 is 20.0 Å². The van der Waals surface area contributed by atoms with E-state index in [1.54, 1.807) is 25.5 Å². The molecule has 20 heteroatoms. The number of nitrogens with one attached hydrogen (secondary N) is 1. The zero-order valence-corrected chi connectivity index (χ0v) is 20.0. The topological polar surface area (TPSA) is 233 Å². The van der Waals surface area contributed by atoms with Crippen LogP contribution in [0.3, 0.4) is 0 Å². The summed E-state index contributed by atoms with van der Waals surface area (Å²) in [6, 6.07) is 0. The number of ether oxygens (including phenoxy) is 1. The van der Waals surface area contributed by atoms with Crippen molar-refractivity contribution in [3.8, 4) is 0 Å². The summed E-state index contributed by atoms with van der Waals surface area (Å²) in [5.74, 6) is -0.207. The lowest BCUT2D eigenvalue weighted by atomic mass is 9.76. The largest absolute Gasteiger partial charge is 0.756 e. The average Bonchev–Trinajstić information content (AvgIpc) is 3.13. The van der Waals surface area contributed by atoms with Gasteiger partial charge in [-0.25, -0.2) is 23.6 Å². The van der Waals surface area contributed by atoms with Gasteiger partial charge in [0, 0.05) is 7.05 Å². The van der Waals surface area contributed by atoms with Crippen LogP contribution in [0.1, 0.15) is 19.0 Å². The van der Waals surface area contributed by atoms with Crippen molar-refractivity contribution < 1.29 is 51.2 Å². The van der Waals surface area contributed by atoms with Crippen molar-refractivity contribution in [1.29, 1.82) is 0 Å². The molecule has 16 nitrogen and oxygen atoms in total. The average molecular weight is 524 g/mol. The smallest absolute Gasteiger partial charge is 0.280 e. The first-order valence-corrected chi connectivity index (χ1v) is 13.6. The van der Waals surface area contributed by atoms with Crippen LogP contribution >= 0.6 is 23.5 Å². The summed E-state index contributed by atoms with van der Waals surface area (Å²) in [7, 11) is -9.52. The fraction of sp³-hybridized carbons (Fsp3) is 0.615. The van der Waals surface area contributed by atoms with E-state index in [1.165, 1.54) is 6.33 Å². The van der Waals surface area contributed by atoms with E-state index in [-0.39, 0.29) is 0 Å². The molecule has 0 spiro atoms. The Balaban J connectivity index is 1.75. The zero-order chi connectivity index (χ0) is 24.8. The van der Waals surface area contributed by atoms with E-state index in [9.17, 15) is 28.4 Å². The molecule has 2 N–H and O–H groups in total. The highest BCUT2D eigenvalue weighted by molar-refractivity contribution is 7.65. The third kappa shape index (κ3) is 6.08. The number of nitrogens with zero attached hydrogens (tertiary/aromatic N) is 4. The van der Waals surface area contributed by atoms with E-state index < -0.39 is 54.1 Å². The summed E-state index contributed by atoms with van der Waals surface area (Å²) in [6.07, 6.45) is -0.467. The Bertz CT molecular complexity index is 1170. The van der Waals surface area contributed by atoms with Crippen molar-refractivity contribution in [2.24, 2.45) is 5.92 Å². The Morgan fingerprint density at radius 3 is 2.52 bits per heavy atom. The summed E-state index contributed by atoms with van der Waals surface area (Å²) in [5, 5.41) is 2.89. The summed E-state index contributed by atoms with van der Waals surface area (Å²) < 4.78 is 52.5. The molecule has 7 unspecified atom stereocenters. The molecule has 2 aromatic heterocycles. The highest BCUT2D eigenvalue weighted by atomic mass is 31.3. The second-order valence-electron chi connectivity index (χ2n) is 7.00. The van der Waals surface area contributed by atoms with Crippen LogP contribution in [0.15, 0.2) is 6.33 Å². The number of phosphoric acid groups is 3. The summed E-state index contributed by atoms with van der Waals surface area (Å²) in [4.78, 5) is 54.8. The molecule has 1 fully saturated rings. The molecule has 7 atom stereocenters. The van der Waals surface area contributed by atoms with Gasteiger partial charge in [0.05, 0.1) is 20.6 Å². The second kappa shape index (κ2) is 9.44. The third-order valence-electron chi connectivity index (χ3n) is 4.78. The van der Waals surface area contributed by atoms with Crippen LogP contribution in [0.5, 0.6) is 0 Å². The second-order valence-corrected chi connectivity index (χ2v) is 11.3. The summed E-state index contributed by atoms with van der Waals surface area (Å²) in [6.45, 7) is 2.62. The molecule has 1 aliphatic rings. The SMILES string of the molecule is [B]C1C(C)C(COP(=O)([O-])OP(=O)([O-])OP(=O)([O-])O)OC1n1c(C)nc2c(NC)ncnc21. The van der Waals surface area contributed by atoms with Crippen LogP contribution in [-0.4, -0.2) is 52.0 Å². The monoisotopic (exact) mass is 524 g/mol. The standard InChI is InChI=1S/C13H21BN5O11P3/c1-6-8(4-27-32(23,24)30-33(25,26)29-31(20,21)22)28-13(9(6)14)19-7(2)18-10-11(15-3)16-5-17-12(10)19/h5-6,8-9,13H,4H2,1-3H3,(H,23,24)(H,25,26)(H,15,16,17)(H2,20,21,22)/p-3. The minimum atomic E-state index is -5.99. The number of phosphoric ester groups is 1. The minimum absolute atomic E-state index is 0.411. The molecular formula is C13H18BN5O11P3-3. The fourth-order valence-electron chi connectivity index (χ4n) is 3.28. The zero-order valence-electron chi connectivity index (χ0n) is 17.3. The molecule has 0 aliphatic carbocycles. The molecule has 0 aromatic carbocycles. The van der Waals surface area contributed by atoms with Gasteiger partial charge in [-0.05, 0) is 18.7 Å². The van der Waals surface area contributed by atoms with Crippen LogP contribution in [0, 0.1) is 12.8 Å². The van der Waals surface area contributed by atoms with E-state index in [2.05, 4.69) is 33.4 Å². The molecule has 1 aliphatic heterocycles. The van der Waals surface area contributed by atoms with Crippen LogP contribution in [0.25, 0.3) is 11.2 Å². The van der Waals surface area contributed by atoms with E-state index in [0.29, 0.717) is 22.8 Å². The molecule has 33 heavy (non-hydrogen) atoms. The first-order chi connectivity index (χ1) is 15.1. The maximum absolute atomic E-state index is 11.8. The van der Waals surface area contributed by atoms with Gasteiger partial charge in [0.1, 0.15) is 18.4 Å². The molecule has 0 saturated carbocycles. The first-order valence-electron chi connectivity index (χ1n) is 9.15. The Morgan fingerprint density at radius 1 is 1.24 bits per heavy atom. The number of fused-ring (bicyclic) bond motifs is 1.